The van der Waals surface area contributed by atoms with Crippen LogP contribution in [0.5, 0.6) is 0 Å². The molecule has 228 valence electrons. The van der Waals surface area contributed by atoms with Gasteiger partial charge >= 0.3 is 11.9 Å². The molecule has 3 aromatic carbocycles. The second-order valence-electron chi connectivity index (χ2n) is 11.9. The van der Waals surface area contributed by atoms with Crippen LogP contribution in [0, 0.1) is 17.8 Å². The maximum absolute atomic E-state index is 13.3. The fourth-order valence-electron chi connectivity index (χ4n) is 6.43. The summed E-state index contributed by atoms with van der Waals surface area (Å²) in [5, 5.41) is 0. The lowest BCUT2D eigenvalue weighted by Gasteiger charge is -2.25. The van der Waals surface area contributed by atoms with Gasteiger partial charge in [0.15, 0.2) is 0 Å². The van der Waals surface area contributed by atoms with Crippen LogP contribution < -0.4 is 0 Å². The van der Waals surface area contributed by atoms with E-state index in [4.69, 9.17) is 18.9 Å². The predicted octanol–water partition coefficient (Wildman–Crippen LogP) is 7.65. The first-order valence-corrected chi connectivity index (χ1v) is 15.9. The zero-order valence-electron chi connectivity index (χ0n) is 25.2. The van der Waals surface area contributed by atoms with Crippen molar-refractivity contribution in [2.24, 2.45) is 17.8 Å². The predicted molar refractivity (Wildman–Crippen MR) is 166 cm³/mol. The molecule has 0 spiro atoms. The van der Waals surface area contributed by atoms with E-state index in [-0.39, 0.29) is 36.0 Å². The first kappa shape index (κ1) is 31.0. The minimum Gasteiger partial charge on any atom is -0.466 e. The fraction of sp³-hybridized carbons (Fsp3) is 0.459. The largest absolute Gasteiger partial charge is 0.466 e. The molecule has 0 aromatic heterocycles. The molecule has 1 aliphatic heterocycles. The van der Waals surface area contributed by atoms with Crippen molar-refractivity contribution in [3.05, 3.63) is 96.1 Å². The SMILES string of the molecule is CCCOC(=O)CCC[C@H]1CC[C@@H]2[C@@H](COCc3ccccc3)[C@H](OC(=O)c3ccc(-c4ccccc4)cc3)C[C@@H]2OC1. The molecule has 1 aliphatic carbocycles. The van der Waals surface area contributed by atoms with Crippen molar-refractivity contribution < 1.29 is 28.5 Å². The first-order valence-electron chi connectivity index (χ1n) is 15.9. The van der Waals surface area contributed by atoms with Gasteiger partial charge < -0.3 is 18.9 Å². The topological polar surface area (TPSA) is 71.1 Å². The lowest BCUT2D eigenvalue weighted by Crippen LogP contribution is -2.30. The van der Waals surface area contributed by atoms with E-state index in [1.54, 1.807) is 0 Å². The molecule has 6 heteroatoms. The highest BCUT2D eigenvalue weighted by atomic mass is 16.6. The first-order chi connectivity index (χ1) is 21.1. The average molecular weight is 585 g/mol. The molecule has 2 aliphatic rings. The number of carbonyl (C=O) groups excluding carboxylic acids is 2. The van der Waals surface area contributed by atoms with Crippen LogP contribution in [0.15, 0.2) is 84.9 Å². The Morgan fingerprint density at radius 3 is 2.35 bits per heavy atom. The molecule has 0 amide bonds. The summed E-state index contributed by atoms with van der Waals surface area (Å²) in [5.74, 6) is 0.322. The van der Waals surface area contributed by atoms with E-state index in [1.807, 2.05) is 67.6 Å². The molecule has 0 N–H and O–H groups in total. The van der Waals surface area contributed by atoms with Crippen LogP contribution in [0.4, 0.5) is 0 Å². The Labute approximate surface area is 255 Å². The highest BCUT2D eigenvalue weighted by Crippen LogP contribution is 2.43. The average Bonchev–Trinajstić information content (AvgIpc) is 3.23. The number of esters is 2. The Morgan fingerprint density at radius 1 is 0.884 bits per heavy atom. The highest BCUT2D eigenvalue weighted by Gasteiger charge is 2.47. The number of rotatable bonds is 13. The minimum atomic E-state index is -0.304. The number of hydrogen-bond acceptors (Lipinski definition) is 6. The summed E-state index contributed by atoms with van der Waals surface area (Å²) in [5.41, 5.74) is 3.85. The Kier molecular flexibility index (Phi) is 11.4. The van der Waals surface area contributed by atoms with Crippen LogP contribution in [0.25, 0.3) is 11.1 Å². The molecule has 5 atom stereocenters. The number of ether oxygens (including phenoxy) is 4. The number of hydrogen-bond donors (Lipinski definition) is 0. The van der Waals surface area contributed by atoms with Gasteiger partial charge in [0.25, 0.3) is 0 Å². The van der Waals surface area contributed by atoms with Crippen LogP contribution in [-0.2, 0) is 30.3 Å². The Hall–Kier alpha value is -3.48. The van der Waals surface area contributed by atoms with Crippen molar-refractivity contribution in [1.29, 1.82) is 0 Å². The molecule has 3 aromatic rings. The Bertz CT molecular complexity index is 1280. The van der Waals surface area contributed by atoms with Gasteiger partial charge in [-0.25, -0.2) is 4.79 Å². The zero-order chi connectivity index (χ0) is 29.9. The third-order valence-corrected chi connectivity index (χ3v) is 8.79. The summed E-state index contributed by atoms with van der Waals surface area (Å²) in [6.07, 6.45) is 5.54. The van der Waals surface area contributed by atoms with Gasteiger partial charge in [0.2, 0.25) is 0 Å². The molecular weight excluding hydrogens is 540 g/mol. The highest BCUT2D eigenvalue weighted by molar-refractivity contribution is 5.90. The maximum atomic E-state index is 13.3. The molecule has 1 saturated heterocycles. The molecule has 6 nitrogen and oxygen atoms in total. The molecule has 1 saturated carbocycles. The third kappa shape index (κ3) is 8.77. The molecular formula is C37H44O6. The monoisotopic (exact) mass is 584 g/mol. The molecule has 1 heterocycles. The van der Waals surface area contributed by atoms with Gasteiger partial charge in [-0.1, -0.05) is 79.7 Å². The van der Waals surface area contributed by atoms with Gasteiger partial charge in [-0.3, -0.25) is 4.79 Å². The van der Waals surface area contributed by atoms with E-state index < -0.39 is 0 Å². The summed E-state index contributed by atoms with van der Waals surface area (Å²) in [6.45, 7) is 4.20. The second-order valence-corrected chi connectivity index (χ2v) is 11.9. The fourth-order valence-corrected chi connectivity index (χ4v) is 6.43. The lowest BCUT2D eigenvalue weighted by molar-refractivity contribution is -0.143. The third-order valence-electron chi connectivity index (χ3n) is 8.79. The van der Waals surface area contributed by atoms with E-state index >= 15 is 0 Å². The van der Waals surface area contributed by atoms with Crippen LogP contribution in [0.3, 0.4) is 0 Å². The van der Waals surface area contributed by atoms with Gasteiger partial charge in [-0.2, -0.15) is 0 Å². The smallest absolute Gasteiger partial charge is 0.338 e. The number of benzene rings is 3. The normalized spacial score (nSPS) is 23.2. The lowest BCUT2D eigenvalue weighted by atomic mass is 9.87. The molecule has 5 rings (SSSR count). The van der Waals surface area contributed by atoms with Crippen LogP contribution in [0.2, 0.25) is 0 Å². The Morgan fingerprint density at radius 2 is 1.60 bits per heavy atom. The van der Waals surface area contributed by atoms with E-state index in [2.05, 4.69) is 24.3 Å². The van der Waals surface area contributed by atoms with E-state index in [1.165, 1.54) is 0 Å². The zero-order valence-corrected chi connectivity index (χ0v) is 25.2. The van der Waals surface area contributed by atoms with Crippen molar-refractivity contribution in [3.63, 3.8) is 0 Å². The molecule has 0 unspecified atom stereocenters. The minimum absolute atomic E-state index is 0.0306. The Balaban J connectivity index is 1.20. The van der Waals surface area contributed by atoms with E-state index in [9.17, 15) is 9.59 Å². The van der Waals surface area contributed by atoms with Crippen molar-refractivity contribution in [2.45, 2.75) is 70.7 Å². The molecule has 43 heavy (non-hydrogen) atoms. The second kappa shape index (κ2) is 15.8. The van der Waals surface area contributed by atoms with E-state index in [0.29, 0.717) is 50.8 Å². The van der Waals surface area contributed by atoms with Crippen molar-refractivity contribution >= 4 is 11.9 Å². The summed E-state index contributed by atoms with van der Waals surface area (Å²) < 4.78 is 24.1. The van der Waals surface area contributed by atoms with Crippen LogP contribution >= 0.6 is 0 Å². The summed E-state index contributed by atoms with van der Waals surface area (Å²) in [4.78, 5) is 25.2. The summed E-state index contributed by atoms with van der Waals surface area (Å²) >= 11 is 0. The standard InChI is InChI=1S/C37H44O6/c1-2-22-41-36(38)15-9-12-28-16-21-32-33(26-40-24-27-10-5-3-6-11-27)35(23-34(32)42-25-28)43-37(39)31-19-17-30(18-20-31)29-13-7-4-8-14-29/h3-8,10-11,13-14,17-20,28,32-35H,2,9,12,15-16,21-26H2,1H3/t28-,32+,33+,34-,35+/m0/s1. The van der Waals surface area contributed by atoms with Crippen LogP contribution in [0.1, 0.15) is 67.8 Å². The molecule has 0 bridgehead atoms. The number of carbonyl (C=O) groups is 2. The summed E-state index contributed by atoms with van der Waals surface area (Å²) in [6, 6.07) is 27.9. The van der Waals surface area contributed by atoms with Crippen molar-refractivity contribution in [3.8, 4) is 11.1 Å². The van der Waals surface area contributed by atoms with Crippen molar-refractivity contribution in [2.75, 3.05) is 19.8 Å². The van der Waals surface area contributed by atoms with Gasteiger partial charge in [0.05, 0.1) is 31.5 Å². The molecule has 2 fully saturated rings. The quantitative estimate of drug-likeness (QED) is 0.192. The molecule has 0 radical (unpaired) electrons. The van der Waals surface area contributed by atoms with Crippen molar-refractivity contribution in [1.82, 2.24) is 0 Å². The number of fused-ring (bicyclic) bond motifs is 1. The maximum Gasteiger partial charge on any atom is 0.338 e. The van der Waals surface area contributed by atoms with Gasteiger partial charge in [-0.05, 0) is 72.8 Å². The van der Waals surface area contributed by atoms with Gasteiger partial charge in [0.1, 0.15) is 6.10 Å². The summed E-state index contributed by atoms with van der Waals surface area (Å²) in [7, 11) is 0. The van der Waals surface area contributed by atoms with Crippen LogP contribution in [-0.4, -0.2) is 44.0 Å². The van der Waals surface area contributed by atoms with Gasteiger partial charge in [-0.15, -0.1) is 0 Å². The van der Waals surface area contributed by atoms with Gasteiger partial charge in [0, 0.05) is 25.4 Å². The van der Waals surface area contributed by atoms with E-state index in [0.717, 1.165) is 48.8 Å².